The lowest BCUT2D eigenvalue weighted by Gasteiger charge is -2.23. The molecule has 0 atom stereocenters. The van der Waals surface area contributed by atoms with Crippen molar-refractivity contribution in [3.63, 3.8) is 0 Å². The van der Waals surface area contributed by atoms with Gasteiger partial charge in [-0.3, -0.25) is 0 Å². The molecule has 2 aromatic carbocycles. The average molecular weight is 268 g/mol. The summed E-state index contributed by atoms with van der Waals surface area (Å²) in [6, 6.07) is 19.5. The lowest BCUT2D eigenvalue weighted by atomic mass is 10.1. The quantitative estimate of drug-likeness (QED) is 0.831. The summed E-state index contributed by atoms with van der Waals surface area (Å²) < 4.78 is 0. The molecule has 20 heavy (non-hydrogen) atoms. The first kappa shape index (κ1) is 14.6. The van der Waals surface area contributed by atoms with Crippen LogP contribution in [0.4, 0.5) is 5.69 Å². The van der Waals surface area contributed by atoms with Crippen LogP contribution in [0, 0.1) is 0 Å². The van der Waals surface area contributed by atoms with Crippen molar-refractivity contribution in [2.75, 3.05) is 18.0 Å². The zero-order valence-corrected chi connectivity index (χ0v) is 12.3. The molecule has 0 unspecified atom stereocenters. The monoisotopic (exact) mass is 268 g/mol. The number of nitrogens with zero attached hydrogens (tertiary/aromatic N) is 1. The molecule has 106 valence electrons. The van der Waals surface area contributed by atoms with Crippen molar-refractivity contribution in [1.29, 1.82) is 0 Å². The molecule has 2 heteroatoms. The van der Waals surface area contributed by atoms with E-state index in [1.807, 2.05) is 0 Å². The number of aryl methyl sites for hydroxylation is 1. The number of hydrogen-bond acceptors (Lipinski definition) is 2. The van der Waals surface area contributed by atoms with Gasteiger partial charge in [-0.25, -0.2) is 0 Å². The Kier molecular flexibility index (Phi) is 5.63. The maximum atomic E-state index is 5.55. The third kappa shape index (κ3) is 4.10. The number of benzene rings is 2. The molecular formula is C18H24N2. The highest BCUT2D eigenvalue weighted by Crippen LogP contribution is 2.18. The van der Waals surface area contributed by atoms with Crippen molar-refractivity contribution >= 4 is 5.69 Å². The molecule has 2 aromatic rings. The van der Waals surface area contributed by atoms with E-state index in [0.717, 1.165) is 32.5 Å². The molecule has 2 N–H and O–H groups in total. The molecule has 0 aliphatic carbocycles. The van der Waals surface area contributed by atoms with E-state index >= 15 is 0 Å². The van der Waals surface area contributed by atoms with Crippen LogP contribution in [0.5, 0.6) is 0 Å². The van der Waals surface area contributed by atoms with Gasteiger partial charge < -0.3 is 10.6 Å². The van der Waals surface area contributed by atoms with E-state index in [1.54, 1.807) is 0 Å². The molecule has 0 saturated carbocycles. The first-order valence-corrected chi connectivity index (χ1v) is 7.41. The molecule has 0 heterocycles. The Balaban J connectivity index is 2.04. The smallest absolute Gasteiger partial charge is 0.0429 e. The maximum Gasteiger partial charge on any atom is 0.0429 e. The fraction of sp³-hybridized carbons (Fsp3) is 0.333. The number of nitrogens with two attached hydrogens (primary N) is 1. The van der Waals surface area contributed by atoms with Gasteiger partial charge in [0.2, 0.25) is 0 Å². The van der Waals surface area contributed by atoms with Crippen LogP contribution in [-0.4, -0.2) is 13.1 Å². The summed E-state index contributed by atoms with van der Waals surface area (Å²) >= 11 is 0. The van der Waals surface area contributed by atoms with Crippen LogP contribution in [0.1, 0.15) is 24.5 Å². The van der Waals surface area contributed by atoms with E-state index in [-0.39, 0.29) is 0 Å². The second kappa shape index (κ2) is 7.71. The largest absolute Gasteiger partial charge is 0.367 e. The number of hydrogen-bond donors (Lipinski definition) is 1. The molecule has 0 saturated heterocycles. The Labute approximate surface area is 122 Å². The Morgan fingerprint density at radius 3 is 2.20 bits per heavy atom. The van der Waals surface area contributed by atoms with Crippen molar-refractivity contribution < 1.29 is 0 Å². The predicted molar refractivity (Wildman–Crippen MR) is 87.0 cm³/mol. The second-order valence-corrected chi connectivity index (χ2v) is 5.06. The van der Waals surface area contributed by atoms with Crippen molar-refractivity contribution in [3.8, 4) is 0 Å². The van der Waals surface area contributed by atoms with Crippen LogP contribution in [0.3, 0.4) is 0 Å². The topological polar surface area (TPSA) is 29.3 Å². The zero-order chi connectivity index (χ0) is 14.2. The van der Waals surface area contributed by atoms with Crippen molar-refractivity contribution in [3.05, 3.63) is 65.7 Å². The normalized spacial score (nSPS) is 10.5. The minimum Gasteiger partial charge on any atom is -0.367 e. The summed E-state index contributed by atoms with van der Waals surface area (Å²) in [6.07, 6.45) is 2.13. The van der Waals surface area contributed by atoms with Crippen molar-refractivity contribution in [2.24, 2.45) is 5.73 Å². The van der Waals surface area contributed by atoms with Gasteiger partial charge in [0.25, 0.3) is 0 Å². The van der Waals surface area contributed by atoms with Crippen LogP contribution in [0.2, 0.25) is 0 Å². The Morgan fingerprint density at radius 2 is 1.60 bits per heavy atom. The maximum absolute atomic E-state index is 5.55. The highest BCUT2D eigenvalue weighted by molar-refractivity contribution is 5.48. The van der Waals surface area contributed by atoms with E-state index in [1.165, 1.54) is 16.8 Å². The second-order valence-electron chi connectivity index (χ2n) is 5.06. The first-order chi connectivity index (χ1) is 9.83. The number of rotatable bonds is 7. The standard InChI is InChI=1S/C18H24N2/c1-2-20(15-17-7-4-3-5-8-17)18-12-10-16(11-13-18)9-6-14-19/h3-5,7-8,10-13H,2,6,9,14-15,19H2,1H3. The van der Waals surface area contributed by atoms with Crippen LogP contribution in [0.25, 0.3) is 0 Å². The molecule has 0 spiro atoms. The van der Waals surface area contributed by atoms with Crippen LogP contribution in [-0.2, 0) is 13.0 Å². The average Bonchev–Trinajstić information content (AvgIpc) is 2.52. The van der Waals surface area contributed by atoms with Gasteiger partial charge in [-0.15, -0.1) is 0 Å². The van der Waals surface area contributed by atoms with Gasteiger partial charge in [-0.2, -0.15) is 0 Å². The summed E-state index contributed by atoms with van der Waals surface area (Å²) in [5.41, 5.74) is 9.56. The third-order valence-corrected chi connectivity index (χ3v) is 3.57. The van der Waals surface area contributed by atoms with Gasteiger partial charge >= 0.3 is 0 Å². The highest BCUT2D eigenvalue weighted by Gasteiger charge is 2.05. The zero-order valence-electron chi connectivity index (χ0n) is 12.3. The predicted octanol–water partition coefficient (Wildman–Crippen LogP) is 3.60. The molecule has 0 amide bonds. The van der Waals surface area contributed by atoms with Gasteiger partial charge in [0, 0.05) is 18.8 Å². The molecule has 0 bridgehead atoms. The summed E-state index contributed by atoms with van der Waals surface area (Å²) in [4.78, 5) is 2.39. The van der Waals surface area contributed by atoms with Crippen LogP contribution >= 0.6 is 0 Å². The minimum atomic E-state index is 0.761. The summed E-state index contributed by atoms with van der Waals surface area (Å²) in [6.45, 7) is 4.93. The van der Waals surface area contributed by atoms with E-state index in [9.17, 15) is 0 Å². The van der Waals surface area contributed by atoms with Crippen LogP contribution in [0.15, 0.2) is 54.6 Å². The highest BCUT2D eigenvalue weighted by atomic mass is 15.1. The Morgan fingerprint density at radius 1 is 0.900 bits per heavy atom. The fourth-order valence-corrected chi connectivity index (χ4v) is 2.37. The molecule has 2 rings (SSSR count). The fourth-order valence-electron chi connectivity index (χ4n) is 2.37. The summed E-state index contributed by atoms with van der Waals surface area (Å²) in [5, 5.41) is 0. The molecule has 0 aromatic heterocycles. The van der Waals surface area contributed by atoms with Gasteiger partial charge in [-0.05, 0) is 49.6 Å². The van der Waals surface area contributed by atoms with Crippen molar-refractivity contribution in [1.82, 2.24) is 0 Å². The lowest BCUT2D eigenvalue weighted by Crippen LogP contribution is -2.21. The van der Waals surface area contributed by atoms with E-state index in [4.69, 9.17) is 5.73 Å². The SMILES string of the molecule is CCN(Cc1ccccc1)c1ccc(CCCN)cc1. The van der Waals surface area contributed by atoms with Crippen LogP contribution < -0.4 is 10.6 Å². The third-order valence-electron chi connectivity index (χ3n) is 3.57. The molecular weight excluding hydrogens is 244 g/mol. The molecule has 2 nitrogen and oxygen atoms in total. The Hall–Kier alpha value is -1.80. The lowest BCUT2D eigenvalue weighted by molar-refractivity contribution is 0.822. The minimum absolute atomic E-state index is 0.761. The van der Waals surface area contributed by atoms with E-state index in [0.29, 0.717) is 0 Å². The molecule has 0 fully saturated rings. The Bertz CT molecular complexity index is 491. The van der Waals surface area contributed by atoms with E-state index in [2.05, 4.69) is 66.4 Å². The summed E-state index contributed by atoms with van der Waals surface area (Å²) in [7, 11) is 0. The molecule has 0 aliphatic heterocycles. The first-order valence-electron chi connectivity index (χ1n) is 7.41. The molecule has 0 radical (unpaired) electrons. The van der Waals surface area contributed by atoms with Gasteiger partial charge in [-0.1, -0.05) is 42.5 Å². The number of anilines is 1. The van der Waals surface area contributed by atoms with Gasteiger partial charge in [0.15, 0.2) is 0 Å². The molecule has 0 aliphatic rings. The van der Waals surface area contributed by atoms with Gasteiger partial charge in [0.1, 0.15) is 0 Å². The van der Waals surface area contributed by atoms with Crippen molar-refractivity contribution in [2.45, 2.75) is 26.3 Å². The van der Waals surface area contributed by atoms with E-state index < -0.39 is 0 Å². The van der Waals surface area contributed by atoms with Gasteiger partial charge in [0.05, 0.1) is 0 Å². The summed E-state index contributed by atoms with van der Waals surface area (Å²) in [5.74, 6) is 0.